The van der Waals surface area contributed by atoms with E-state index in [1.165, 1.54) is 5.56 Å². The standard InChI is InChI=1S/C21H24N4O3S/c1-25(17-9-10-29(27,28)14-17)13-21(26)22-16-7-8-18-19(12-16)24-20(23-18)11-15-5-3-2-4-6-15/h2-8,12,17H,9-11,13-14H2,1H3,(H,22,26)(H,23,24)/t17-/m0/s1. The molecule has 29 heavy (non-hydrogen) atoms. The van der Waals surface area contributed by atoms with Crippen molar-refractivity contribution in [2.24, 2.45) is 0 Å². The van der Waals surface area contributed by atoms with Crippen LogP contribution in [0.1, 0.15) is 17.8 Å². The van der Waals surface area contributed by atoms with Gasteiger partial charge in [-0.1, -0.05) is 30.3 Å². The summed E-state index contributed by atoms with van der Waals surface area (Å²) in [5.74, 6) is 1.03. The number of sulfone groups is 1. The largest absolute Gasteiger partial charge is 0.342 e. The van der Waals surface area contributed by atoms with E-state index in [4.69, 9.17) is 0 Å². The van der Waals surface area contributed by atoms with Gasteiger partial charge < -0.3 is 10.3 Å². The van der Waals surface area contributed by atoms with Gasteiger partial charge in [0.05, 0.1) is 29.1 Å². The summed E-state index contributed by atoms with van der Waals surface area (Å²) in [6, 6.07) is 15.6. The topological polar surface area (TPSA) is 95.2 Å². The van der Waals surface area contributed by atoms with Crippen LogP contribution in [-0.4, -0.2) is 60.3 Å². The summed E-state index contributed by atoms with van der Waals surface area (Å²) in [4.78, 5) is 22.1. The average Bonchev–Trinajstić information content (AvgIpc) is 3.24. The van der Waals surface area contributed by atoms with Crippen LogP contribution in [0.3, 0.4) is 0 Å². The van der Waals surface area contributed by atoms with Crippen molar-refractivity contribution in [3.63, 3.8) is 0 Å². The highest BCUT2D eigenvalue weighted by molar-refractivity contribution is 7.91. The first-order valence-electron chi connectivity index (χ1n) is 9.61. The van der Waals surface area contributed by atoms with Crippen LogP contribution >= 0.6 is 0 Å². The van der Waals surface area contributed by atoms with E-state index >= 15 is 0 Å². The minimum absolute atomic E-state index is 0.0959. The molecule has 2 heterocycles. The Balaban J connectivity index is 1.39. The Morgan fingerprint density at radius 2 is 2.03 bits per heavy atom. The lowest BCUT2D eigenvalue weighted by molar-refractivity contribution is -0.117. The van der Waals surface area contributed by atoms with E-state index in [1.54, 1.807) is 7.05 Å². The number of anilines is 1. The molecular weight excluding hydrogens is 388 g/mol. The van der Waals surface area contributed by atoms with Crippen LogP contribution in [0.2, 0.25) is 0 Å². The fraction of sp³-hybridized carbons (Fsp3) is 0.333. The molecule has 1 fully saturated rings. The summed E-state index contributed by atoms with van der Waals surface area (Å²) in [5.41, 5.74) is 3.58. The molecule has 3 aromatic rings. The second-order valence-electron chi connectivity index (χ2n) is 7.60. The first kappa shape index (κ1) is 19.6. The minimum Gasteiger partial charge on any atom is -0.342 e. The maximum absolute atomic E-state index is 12.4. The number of carbonyl (C=O) groups is 1. The van der Waals surface area contributed by atoms with Crippen molar-refractivity contribution >= 4 is 32.5 Å². The van der Waals surface area contributed by atoms with Gasteiger partial charge in [-0.25, -0.2) is 13.4 Å². The molecule has 0 saturated carbocycles. The Kier molecular flexibility index (Phi) is 5.38. The molecule has 152 valence electrons. The van der Waals surface area contributed by atoms with Crippen LogP contribution < -0.4 is 5.32 Å². The van der Waals surface area contributed by atoms with Gasteiger partial charge in [0, 0.05) is 18.2 Å². The number of aromatic nitrogens is 2. The molecule has 4 rings (SSSR count). The molecule has 0 unspecified atom stereocenters. The van der Waals surface area contributed by atoms with Crippen molar-refractivity contribution in [2.45, 2.75) is 18.9 Å². The molecular formula is C21H24N4O3S. The van der Waals surface area contributed by atoms with E-state index < -0.39 is 9.84 Å². The quantitative estimate of drug-likeness (QED) is 0.647. The zero-order chi connectivity index (χ0) is 20.4. The zero-order valence-electron chi connectivity index (χ0n) is 16.3. The molecule has 7 nitrogen and oxygen atoms in total. The first-order valence-corrected chi connectivity index (χ1v) is 11.4. The first-order chi connectivity index (χ1) is 13.9. The van der Waals surface area contributed by atoms with Crippen LogP contribution in [-0.2, 0) is 21.1 Å². The number of carbonyl (C=O) groups excluding carboxylic acids is 1. The third kappa shape index (κ3) is 4.83. The molecule has 1 amide bonds. The molecule has 8 heteroatoms. The van der Waals surface area contributed by atoms with E-state index in [0.717, 1.165) is 16.9 Å². The fourth-order valence-corrected chi connectivity index (χ4v) is 5.50. The lowest BCUT2D eigenvalue weighted by Crippen LogP contribution is -2.38. The maximum atomic E-state index is 12.4. The van der Waals surface area contributed by atoms with Crippen molar-refractivity contribution in [2.75, 3.05) is 30.4 Å². The number of aromatic amines is 1. The fourth-order valence-electron chi connectivity index (χ4n) is 3.69. The Morgan fingerprint density at radius 1 is 1.24 bits per heavy atom. The number of imidazole rings is 1. The number of benzene rings is 2. The second-order valence-corrected chi connectivity index (χ2v) is 9.83. The third-order valence-corrected chi connectivity index (χ3v) is 7.00. The van der Waals surface area contributed by atoms with Gasteiger partial charge in [0.25, 0.3) is 0 Å². The van der Waals surface area contributed by atoms with E-state index in [9.17, 15) is 13.2 Å². The smallest absolute Gasteiger partial charge is 0.238 e. The molecule has 1 atom stereocenters. The molecule has 2 N–H and O–H groups in total. The summed E-state index contributed by atoms with van der Waals surface area (Å²) in [7, 11) is -1.17. The highest BCUT2D eigenvalue weighted by Crippen LogP contribution is 2.20. The summed E-state index contributed by atoms with van der Waals surface area (Å²) in [6.45, 7) is 0.153. The van der Waals surface area contributed by atoms with Crippen molar-refractivity contribution in [1.82, 2.24) is 14.9 Å². The van der Waals surface area contributed by atoms with Gasteiger partial charge in [0.2, 0.25) is 5.91 Å². The Labute approximate surface area is 170 Å². The number of hydrogen-bond donors (Lipinski definition) is 2. The normalized spacial score (nSPS) is 18.3. The SMILES string of the molecule is CN(CC(=O)Nc1ccc2nc(Cc3ccccc3)[nH]c2c1)[C@H]1CCS(=O)(=O)C1. The predicted octanol–water partition coefficient (Wildman–Crippen LogP) is 2.21. The number of rotatable bonds is 6. The van der Waals surface area contributed by atoms with E-state index in [-0.39, 0.29) is 30.0 Å². The summed E-state index contributed by atoms with van der Waals surface area (Å²) < 4.78 is 23.3. The third-order valence-electron chi connectivity index (χ3n) is 5.25. The lowest BCUT2D eigenvalue weighted by atomic mass is 10.1. The highest BCUT2D eigenvalue weighted by Gasteiger charge is 2.31. The number of nitrogens with zero attached hydrogens (tertiary/aromatic N) is 2. The van der Waals surface area contributed by atoms with Gasteiger partial charge in [-0.2, -0.15) is 0 Å². The molecule has 1 aliphatic heterocycles. The molecule has 2 aromatic carbocycles. The van der Waals surface area contributed by atoms with Crippen LogP contribution in [0.15, 0.2) is 48.5 Å². The van der Waals surface area contributed by atoms with Crippen LogP contribution in [0, 0.1) is 0 Å². The minimum atomic E-state index is -2.96. The van der Waals surface area contributed by atoms with E-state index in [2.05, 4.69) is 27.4 Å². The van der Waals surface area contributed by atoms with E-state index in [1.807, 2.05) is 41.3 Å². The monoisotopic (exact) mass is 412 g/mol. The van der Waals surface area contributed by atoms with Crippen molar-refractivity contribution in [3.8, 4) is 0 Å². The molecule has 0 radical (unpaired) electrons. The molecule has 0 spiro atoms. The van der Waals surface area contributed by atoms with Gasteiger partial charge in [0.1, 0.15) is 5.82 Å². The maximum Gasteiger partial charge on any atom is 0.238 e. The van der Waals surface area contributed by atoms with E-state index in [0.29, 0.717) is 18.5 Å². The number of fused-ring (bicyclic) bond motifs is 1. The van der Waals surface area contributed by atoms with Gasteiger partial charge >= 0.3 is 0 Å². The Hall–Kier alpha value is -2.71. The number of nitrogens with one attached hydrogen (secondary N) is 2. The zero-order valence-corrected chi connectivity index (χ0v) is 17.1. The highest BCUT2D eigenvalue weighted by atomic mass is 32.2. The average molecular weight is 413 g/mol. The van der Waals surface area contributed by atoms with Gasteiger partial charge in [0.15, 0.2) is 9.84 Å². The lowest BCUT2D eigenvalue weighted by Gasteiger charge is -2.22. The molecule has 1 aliphatic rings. The predicted molar refractivity (Wildman–Crippen MR) is 114 cm³/mol. The molecule has 0 aliphatic carbocycles. The summed E-state index contributed by atoms with van der Waals surface area (Å²) in [5, 5.41) is 2.89. The van der Waals surface area contributed by atoms with Crippen molar-refractivity contribution < 1.29 is 13.2 Å². The second kappa shape index (κ2) is 7.96. The Morgan fingerprint density at radius 3 is 2.76 bits per heavy atom. The molecule has 1 saturated heterocycles. The number of H-pyrrole nitrogens is 1. The van der Waals surface area contributed by atoms with Crippen molar-refractivity contribution in [3.05, 3.63) is 59.9 Å². The number of amides is 1. The molecule has 1 aromatic heterocycles. The van der Waals surface area contributed by atoms with Crippen LogP contribution in [0.4, 0.5) is 5.69 Å². The number of hydrogen-bond acceptors (Lipinski definition) is 5. The Bertz CT molecular complexity index is 1130. The summed E-state index contributed by atoms with van der Waals surface area (Å²) >= 11 is 0. The van der Waals surface area contributed by atoms with Gasteiger partial charge in [-0.15, -0.1) is 0 Å². The van der Waals surface area contributed by atoms with Gasteiger partial charge in [-0.3, -0.25) is 9.69 Å². The number of likely N-dealkylation sites (N-methyl/N-ethyl adjacent to an activating group) is 1. The van der Waals surface area contributed by atoms with Crippen molar-refractivity contribution in [1.29, 1.82) is 0 Å². The van der Waals surface area contributed by atoms with Crippen LogP contribution in [0.5, 0.6) is 0 Å². The molecule has 0 bridgehead atoms. The van der Waals surface area contributed by atoms with Crippen LogP contribution in [0.25, 0.3) is 11.0 Å². The van der Waals surface area contributed by atoms with Gasteiger partial charge in [-0.05, 0) is 37.2 Å². The summed E-state index contributed by atoms with van der Waals surface area (Å²) in [6.07, 6.45) is 1.29.